The van der Waals surface area contributed by atoms with Gasteiger partial charge in [-0.05, 0) is 12.3 Å². The Bertz CT molecular complexity index is 298. The fourth-order valence-electron chi connectivity index (χ4n) is 1.85. The van der Waals surface area contributed by atoms with Gasteiger partial charge in [-0.2, -0.15) is 0 Å². The van der Waals surface area contributed by atoms with Gasteiger partial charge in [0.15, 0.2) is 0 Å². The number of hydrogen-bond donors (Lipinski definition) is 3. The summed E-state index contributed by atoms with van der Waals surface area (Å²) in [5, 5.41) is 14.5. The smallest absolute Gasteiger partial charge is 0.329 e. The molecule has 0 bridgehead atoms. The van der Waals surface area contributed by atoms with Crippen molar-refractivity contribution in [3.05, 3.63) is 0 Å². The monoisotopic (exact) mass is 258 g/mol. The van der Waals surface area contributed by atoms with Gasteiger partial charge in [0.2, 0.25) is 0 Å². The van der Waals surface area contributed by atoms with Gasteiger partial charge >= 0.3 is 12.0 Å². The lowest BCUT2D eigenvalue weighted by Gasteiger charge is -2.33. The molecule has 0 unspecified atom stereocenters. The molecule has 6 heteroatoms. The minimum atomic E-state index is -1.18. The lowest BCUT2D eigenvalue weighted by molar-refractivity contribution is -0.148. The normalized spacial score (nSPS) is 18.4. The zero-order chi connectivity index (χ0) is 13.6. The summed E-state index contributed by atoms with van der Waals surface area (Å²) in [6, 6.07) is -0.417. The second-order valence-electron chi connectivity index (χ2n) is 5.06. The molecule has 6 nitrogen and oxygen atoms in total. The molecule has 0 aromatic carbocycles. The molecule has 0 aromatic rings. The number of urea groups is 1. The van der Waals surface area contributed by atoms with Gasteiger partial charge in [0.1, 0.15) is 5.54 Å². The number of carboxylic acids is 1. The average Bonchev–Trinajstić information content (AvgIpc) is 2.29. The van der Waals surface area contributed by atoms with Gasteiger partial charge in [-0.3, -0.25) is 0 Å². The van der Waals surface area contributed by atoms with E-state index in [9.17, 15) is 14.7 Å². The molecule has 0 spiro atoms. The molecule has 0 aliphatic carbocycles. The summed E-state index contributed by atoms with van der Waals surface area (Å²) in [4.78, 5) is 23.0. The third-order valence-electron chi connectivity index (χ3n) is 3.12. The van der Waals surface area contributed by atoms with Crippen LogP contribution in [0.1, 0.15) is 33.1 Å². The number of amides is 2. The van der Waals surface area contributed by atoms with Gasteiger partial charge < -0.3 is 20.5 Å². The number of carbonyl (C=O) groups is 2. The third-order valence-corrected chi connectivity index (χ3v) is 3.12. The lowest BCUT2D eigenvalue weighted by Crippen LogP contribution is -2.59. The number of carbonyl (C=O) groups excluding carboxylic acids is 1. The van der Waals surface area contributed by atoms with Gasteiger partial charge in [-0.1, -0.05) is 13.8 Å². The van der Waals surface area contributed by atoms with Crippen LogP contribution in [0, 0.1) is 5.92 Å². The summed E-state index contributed by atoms with van der Waals surface area (Å²) in [6.07, 6.45) is 1.48. The highest BCUT2D eigenvalue weighted by molar-refractivity contribution is 5.86. The predicted molar refractivity (Wildman–Crippen MR) is 66.4 cm³/mol. The molecular weight excluding hydrogens is 236 g/mol. The largest absolute Gasteiger partial charge is 0.480 e. The Balaban J connectivity index is 2.46. The Morgan fingerprint density at radius 3 is 2.44 bits per heavy atom. The molecule has 104 valence electrons. The topological polar surface area (TPSA) is 87.7 Å². The van der Waals surface area contributed by atoms with Crippen LogP contribution in [0.5, 0.6) is 0 Å². The standard InChI is InChI=1S/C12H22N2O4/c1-9(2)3-6-13-11(17)14-12(10(15)16)4-7-18-8-5-12/h9H,3-8H2,1-2H3,(H,15,16)(H2,13,14,17). The van der Waals surface area contributed by atoms with E-state index in [2.05, 4.69) is 24.5 Å². The summed E-state index contributed by atoms with van der Waals surface area (Å²) in [7, 11) is 0. The molecule has 1 fully saturated rings. The van der Waals surface area contributed by atoms with Crippen molar-refractivity contribution >= 4 is 12.0 Å². The van der Waals surface area contributed by atoms with Crippen LogP contribution < -0.4 is 10.6 Å². The number of rotatable bonds is 5. The van der Waals surface area contributed by atoms with Gasteiger partial charge in [0.25, 0.3) is 0 Å². The molecule has 2 amide bonds. The van der Waals surface area contributed by atoms with Crippen LogP contribution in [0.15, 0.2) is 0 Å². The molecule has 0 radical (unpaired) electrons. The summed E-state index contributed by atoms with van der Waals surface area (Å²) < 4.78 is 5.13. The van der Waals surface area contributed by atoms with Crippen molar-refractivity contribution in [2.24, 2.45) is 5.92 Å². The van der Waals surface area contributed by atoms with E-state index in [0.717, 1.165) is 6.42 Å². The van der Waals surface area contributed by atoms with E-state index in [1.807, 2.05) is 0 Å². The predicted octanol–water partition coefficient (Wildman–Crippen LogP) is 0.965. The zero-order valence-electron chi connectivity index (χ0n) is 11.0. The fourth-order valence-corrected chi connectivity index (χ4v) is 1.85. The van der Waals surface area contributed by atoms with Gasteiger partial charge in [-0.25, -0.2) is 9.59 Å². The minimum Gasteiger partial charge on any atom is -0.480 e. The Labute approximate surface area is 107 Å². The maximum absolute atomic E-state index is 11.7. The van der Waals surface area contributed by atoms with Crippen LogP contribution in [0.4, 0.5) is 4.79 Å². The molecule has 0 saturated carbocycles. The van der Waals surface area contributed by atoms with Gasteiger partial charge in [-0.15, -0.1) is 0 Å². The Morgan fingerprint density at radius 1 is 1.33 bits per heavy atom. The van der Waals surface area contributed by atoms with Crippen molar-refractivity contribution in [1.82, 2.24) is 10.6 Å². The highest BCUT2D eigenvalue weighted by Gasteiger charge is 2.41. The first-order valence-corrected chi connectivity index (χ1v) is 6.33. The molecule has 18 heavy (non-hydrogen) atoms. The van der Waals surface area contributed by atoms with E-state index in [1.165, 1.54) is 0 Å². The van der Waals surface area contributed by atoms with E-state index in [0.29, 0.717) is 38.5 Å². The van der Waals surface area contributed by atoms with Crippen molar-refractivity contribution in [2.45, 2.75) is 38.6 Å². The molecule has 1 saturated heterocycles. The summed E-state index contributed by atoms with van der Waals surface area (Å²) in [6.45, 7) is 5.40. The molecular formula is C12H22N2O4. The second kappa shape index (κ2) is 6.58. The van der Waals surface area contributed by atoms with E-state index >= 15 is 0 Å². The molecule has 1 heterocycles. The van der Waals surface area contributed by atoms with Crippen LogP contribution in [0.3, 0.4) is 0 Å². The molecule has 1 rings (SSSR count). The van der Waals surface area contributed by atoms with Crippen LogP contribution in [-0.4, -0.2) is 42.4 Å². The Hall–Kier alpha value is -1.30. The fraction of sp³-hybridized carbons (Fsp3) is 0.833. The first-order valence-electron chi connectivity index (χ1n) is 6.33. The lowest BCUT2D eigenvalue weighted by atomic mass is 9.90. The highest BCUT2D eigenvalue weighted by atomic mass is 16.5. The zero-order valence-corrected chi connectivity index (χ0v) is 11.0. The molecule has 3 N–H and O–H groups in total. The first kappa shape index (κ1) is 14.8. The maximum Gasteiger partial charge on any atom is 0.329 e. The van der Waals surface area contributed by atoms with E-state index in [4.69, 9.17) is 4.74 Å². The van der Waals surface area contributed by atoms with Crippen LogP contribution >= 0.6 is 0 Å². The number of carboxylic acid groups (broad SMARTS) is 1. The number of nitrogens with one attached hydrogen (secondary N) is 2. The quantitative estimate of drug-likeness (QED) is 0.685. The summed E-state index contributed by atoms with van der Waals surface area (Å²) in [5.41, 5.74) is -1.18. The number of ether oxygens (including phenoxy) is 1. The third kappa shape index (κ3) is 4.18. The molecule has 1 aliphatic heterocycles. The Morgan fingerprint density at radius 2 is 1.94 bits per heavy atom. The van der Waals surface area contributed by atoms with Crippen molar-refractivity contribution in [3.63, 3.8) is 0 Å². The van der Waals surface area contributed by atoms with E-state index in [-0.39, 0.29) is 0 Å². The highest BCUT2D eigenvalue weighted by Crippen LogP contribution is 2.20. The summed E-state index contributed by atoms with van der Waals surface area (Å²) >= 11 is 0. The molecule has 1 aliphatic rings. The van der Waals surface area contributed by atoms with Crippen molar-refractivity contribution in [2.75, 3.05) is 19.8 Å². The van der Waals surface area contributed by atoms with Crippen molar-refractivity contribution in [1.29, 1.82) is 0 Å². The number of hydrogen-bond acceptors (Lipinski definition) is 3. The molecule has 0 aromatic heterocycles. The van der Waals surface area contributed by atoms with Crippen LogP contribution in [-0.2, 0) is 9.53 Å². The second-order valence-corrected chi connectivity index (χ2v) is 5.06. The van der Waals surface area contributed by atoms with Crippen LogP contribution in [0.25, 0.3) is 0 Å². The average molecular weight is 258 g/mol. The summed E-state index contributed by atoms with van der Waals surface area (Å²) in [5.74, 6) is -0.494. The van der Waals surface area contributed by atoms with Gasteiger partial charge in [0, 0.05) is 32.6 Å². The molecule has 0 atom stereocenters. The van der Waals surface area contributed by atoms with Gasteiger partial charge in [0.05, 0.1) is 0 Å². The SMILES string of the molecule is CC(C)CCNC(=O)NC1(C(=O)O)CCOCC1. The van der Waals surface area contributed by atoms with Crippen molar-refractivity contribution in [3.8, 4) is 0 Å². The minimum absolute atomic E-state index is 0.305. The first-order chi connectivity index (χ1) is 8.46. The van der Waals surface area contributed by atoms with Crippen LogP contribution in [0.2, 0.25) is 0 Å². The maximum atomic E-state index is 11.7. The van der Waals surface area contributed by atoms with E-state index < -0.39 is 17.5 Å². The van der Waals surface area contributed by atoms with E-state index in [1.54, 1.807) is 0 Å². The van der Waals surface area contributed by atoms with Crippen molar-refractivity contribution < 1.29 is 19.4 Å². The Kier molecular flexibility index (Phi) is 5.40. The number of aliphatic carboxylic acids is 1.